The Bertz CT molecular complexity index is 833. The van der Waals surface area contributed by atoms with Gasteiger partial charge in [-0.3, -0.25) is 9.48 Å². The Kier molecular flexibility index (Phi) is 3.60. The van der Waals surface area contributed by atoms with Crippen LogP contribution in [-0.2, 0) is 11.3 Å². The number of hydrogen-bond acceptors (Lipinski definition) is 7. The number of aromatic nitrogens is 5. The standard InChI is InChI=1S/C15H16N6O3/c1-9(21-6-2-5-17-21)15(22)16-8-13-18-14(20-24-13)11-7-12(23-19-11)10-3-4-10/h2,5-7,9-10H,3-4,8H2,1H3,(H,16,22)/t9-/m0/s1. The van der Waals surface area contributed by atoms with Crippen molar-refractivity contribution in [1.29, 1.82) is 0 Å². The Morgan fingerprint density at radius 3 is 3.04 bits per heavy atom. The van der Waals surface area contributed by atoms with Gasteiger partial charge in [0.1, 0.15) is 11.8 Å². The maximum Gasteiger partial charge on any atom is 0.246 e. The van der Waals surface area contributed by atoms with Gasteiger partial charge < -0.3 is 14.4 Å². The van der Waals surface area contributed by atoms with Crippen LogP contribution in [0.1, 0.15) is 43.4 Å². The minimum absolute atomic E-state index is 0.144. The predicted octanol–water partition coefficient (Wildman–Crippen LogP) is 1.68. The number of carbonyl (C=O) groups excluding carboxylic acids is 1. The van der Waals surface area contributed by atoms with E-state index in [1.807, 2.05) is 6.07 Å². The Hall–Kier alpha value is -2.97. The van der Waals surface area contributed by atoms with Crippen molar-refractivity contribution in [3.8, 4) is 11.5 Å². The van der Waals surface area contributed by atoms with E-state index in [-0.39, 0.29) is 12.5 Å². The third-order valence-electron chi connectivity index (χ3n) is 3.92. The highest BCUT2D eigenvalue weighted by Gasteiger charge is 2.28. The van der Waals surface area contributed by atoms with Gasteiger partial charge in [-0.1, -0.05) is 10.3 Å². The Balaban J connectivity index is 1.37. The highest BCUT2D eigenvalue weighted by molar-refractivity contribution is 5.79. The lowest BCUT2D eigenvalue weighted by atomic mass is 10.3. The summed E-state index contributed by atoms with van der Waals surface area (Å²) in [5, 5.41) is 14.6. The number of nitrogens with one attached hydrogen (secondary N) is 1. The van der Waals surface area contributed by atoms with E-state index in [0.29, 0.717) is 23.3 Å². The van der Waals surface area contributed by atoms with Crippen molar-refractivity contribution < 1.29 is 13.8 Å². The normalized spacial score (nSPS) is 15.4. The molecule has 1 aliphatic rings. The zero-order valence-electron chi connectivity index (χ0n) is 13.0. The molecule has 0 aliphatic heterocycles. The Labute approximate surface area is 137 Å². The fraction of sp³-hybridized carbons (Fsp3) is 0.400. The minimum atomic E-state index is -0.418. The fourth-order valence-electron chi connectivity index (χ4n) is 2.33. The number of rotatable bonds is 6. The van der Waals surface area contributed by atoms with Gasteiger partial charge in [0.05, 0.1) is 6.54 Å². The molecule has 124 valence electrons. The summed E-state index contributed by atoms with van der Waals surface area (Å²) in [5.41, 5.74) is 0.545. The van der Waals surface area contributed by atoms with E-state index >= 15 is 0 Å². The zero-order valence-corrected chi connectivity index (χ0v) is 13.0. The van der Waals surface area contributed by atoms with Crippen LogP contribution < -0.4 is 5.32 Å². The second kappa shape index (κ2) is 5.91. The van der Waals surface area contributed by atoms with Crippen molar-refractivity contribution in [1.82, 2.24) is 30.4 Å². The van der Waals surface area contributed by atoms with Crippen LogP contribution in [0, 0.1) is 0 Å². The lowest BCUT2D eigenvalue weighted by Crippen LogP contribution is -2.30. The van der Waals surface area contributed by atoms with Crippen LogP contribution in [0.25, 0.3) is 11.5 Å². The van der Waals surface area contributed by atoms with E-state index in [9.17, 15) is 4.79 Å². The van der Waals surface area contributed by atoms with Gasteiger partial charge in [0, 0.05) is 24.4 Å². The first-order valence-electron chi connectivity index (χ1n) is 7.77. The summed E-state index contributed by atoms with van der Waals surface area (Å²) in [4.78, 5) is 16.3. The maximum absolute atomic E-state index is 12.1. The van der Waals surface area contributed by atoms with Gasteiger partial charge in [-0.15, -0.1) is 0 Å². The third kappa shape index (κ3) is 2.92. The van der Waals surface area contributed by atoms with Gasteiger partial charge in [-0.2, -0.15) is 10.1 Å². The van der Waals surface area contributed by atoms with Crippen LogP contribution >= 0.6 is 0 Å². The first kappa shape index (κ1) is 14.6. The van der Waals surface area contributed by atoms with Crippen molar-refractivity contribution in [3.63, 3.8) is 0 Å². The van der Waals surface area contributed by atoms with Crippen LogP contribution in [0.5, 0.6) is 0 Å². The van der Waals surface area contributed by atoms with Crippen molar-refractivity contribution in [2.45, 2.75) is 38.3 Å². The zero-order chi connectivity index (χ0) is 16.5. The van der Waals surface area contributed by atoms with Gasteiger partial charge in [0.25, 0.3) is 0 Å². The molecule has 0 aromatic carbocycles. The number of hydrogen-bond donors (Lipinski definition) is 1. The molecule has 0 radical (unpaired) electrons. The summed E-state index contributed by atoms with van der Waals surface area (Å²) in [6.07, 6.45) is 5.62. The summed E-state index contributed by atoms with van der Waals surface area (Å²) in [6, 6.07) is 3.19. The molecule has 3 aromatic rings. The van der Waals surface area contributed by atoms with E-state index in [2.05, 4.69) is 25.7 Å². The summed E-state index contributed by atoms with van der Waals surface area (Å²) in [6.45, 7) is 1.90. The molecule has 0 bridgehead atoms. The summed E-state index contributed by atoms with van der Waals surface area (Å²) < 4.78 is 12.0. The third-order valence-corrected chi connectivity index (χ3v) is 3.92. The molecule has 24 heavy (non-hydrogen) atoms. The molecule has 9 nitrogen and oxygen atoms in total. The fourth-order valence-corrected chi connectivity index (χ4v) is 2.33. The molecule has 1 N–H and O–H groups in total. The second-order valence-electron chi connectivity index (χ2n) is 5.78. The smallest absolute Gasteiger partial charge is 0.246 e. The van der Waals surface area contributed by atoms with Gasteiger partial charge in [0.15, 0.2) is 5.69 Å². The average molecular weight is 328 g/mol. The average Bonchev–Trinajstić information content (AvgIpc) is 3.05. The molecular weight excluding hydrogens is 312 g/mol. The maximum atomic E-state index is 12.1. The molecule has 1 aliphatic carbocycles. The van der Waals surface area contributed by atoms with Crippen molar-refractivity contribution >= 4 is 5.91 Å². The molecular formula is C15H16N6O3. The second-order valence-corrected chi connectivity index (χ2v) is 5.78. The number of amides is 1. The molecule has 0 spiro atoms. The molecule has 9 heteroatoms. The quantitative estimate of drug-likeness (QED) is 0.732. The monoisotopic (exact) mass is 328 g/mol. The van der Waals surface area contributed by atoms with Gasteiger partial charge in [-0.25, -0.2) is 0 Å². The molecule has 4 rings (SSSR count). The Morgan fingerprint density at radius 1 is 1.42 bits per heavy atom. The summed E-state index contributed by atoms with van der Waals surface area (Å²) in [5.74, 6) is 1.81. The molecule has 1 fully saturated rings. The number of nitrogens with zero attached hydrogens (tertiary/aromatic N) is 5. The van der Waals surface area contributed by atoms with E-state index in [4.69, 9.17) is 9.05 Å². The molecule has 3 heterocycles. The van der Waals surface area contributed by atoms with Crippen LogP contribution in [0.2, 0.25) is 0 Å². The van der Waals surface area contributed by atoms with Crippen LogP contribution in [-0.4, -0.2) is 31.0 Å². The SMILES string of the molecule is C[C@@H](C(=O)NCc1nc(-c2cc(C3CC3)on2)no1)n1cccn1. The molecule has 0 unspecified atom stereocenters. The molecule has 1 saturated carbocycles. The molecule has 1 amide bonds. The van der Waals surface area contributed by atoms with Crippen LogP contribution in [0.4, 0.5) is 0 Å². The van der Waals surface area contributed by atoms with Gasteiger partial charge in [-0.05, 0) is 25.8 Å². The molecule has 0 saturated heterocycles. The van der Waals surface area contributed by atoms with E-state index in [0.717, 1.165) is 18.6 Å². The minimum Gasteiger partial charge on any atom is -0.360 e. The van der Waals surface area contributed by atoms with Crippen LogP contribution in [0.3, 0.4) is 0 Å². The highest BCUT2D eigenvalue weighted by atomic mass is 16.5. The number of carbonyl (C=O) groups is 1. The molecule has 3 aromatic heterocycles. The summed E-state index contributed by atoms with van der Waals surface area (Å²) >= 11 is 0. The topological polar surface area (TPSA) is 112 Å². The van der Waals surface area contributed by atoms with Crippen molar-refractivity contribution in [2.75, 3.05) is 0 Å². The highest BCUT2D eigenvalue weighted by Crippen LogP contribution is 2.40. The van der Waals surface area contributed by atoms with E-state index < -0.39 is 6.04 Å². The van der Waals surface area contributed by atoms with E-state index in [1.54, 1.807) is 30.1 Å². The lowest BCUT2D eigenvalue weighted by molar-refractivity contribution is -0.124. The van der Waals surface area contributed by atoms with E-state index in [1.165, 1.54) is 0 Å². The van der Waals surface area contributed by atoms with Gasteiger partial charge >= 0.3 is 0 Å². The van der Waals surface area contributed by atoms with Gasteiger partial charge in [0.2, 0.25) is 17.6 Å². The predicted molar refractivity (Wildman–Crippen MR) is 80.6 cm³/mol. The molecule has 1 atom stereocenters. The van der Waals surface area contributed by atoms with Crippen molar-refractivity contribution in [2.24, 2.45) is 0 Å². The largest absolute Gasteiger partial charge is 0.360 e. The first-order valence-corrected chi connectivity index (χ1v) is 7.77. The first-order chi connectivity index (χ1) is 11.7. The lowest BCUT2D eigenvalue weighted by Gasteiger charge is -2.11. The summed E-state index contributed by atoms with van der Waals surface area (Å²) in [7, 11) is 0. The van der Waals surface area contributed by atoms with Crippen molar-refractivity contribution in [3.05, 3.63) is 36.2 Å². The van der Waals surface area contributed by atoms with Crippen LogP contribution in [0.15, 0.2) is 33.6 Å². The Morgan fingerprint density at radius 2 is 2.29 bits per heavy atom.